The minimum absolute atomic E-state index is 0.0783. The zero-order valence-corrected chi connectivity index (χ0v) is 16.0. The highest BCUT2D eigenvalue weighted by Crippen LogP contribution is 2.48. The summed E-state index contributed by atoms with van der Waals surface area (Å²) in [6, 6.07) is 9.27. The molecule has 3 rings (SSSR count). The average molecular weight is 371 g/mol. The molecule has 0 spiro atoms. The standard InChI is InChI=1S/C21H25NO5/c1-14-10-16-12-21(11-14,18(24)26-13-15-8-6-5-7-9-15)22(17(16)23)19(25)27-20(2,3)4/h5-9,16H,1,10-13H2,2-4H3. The van der Waals surface area contributed by atoms with Crippen LogP contribution < -0.4 is 0 Å². The number of fused-ring (bicyclic) bond motifs is 2. The Labute approximate surface area is 159 Å². The van der Waals surface area contributed by atoms with Crippen LogP contribution in [0, 0.1) is 5.92 Å². The Hall–Kier alpha value is -2.63. The molecule has 2 aliphatic rings. The van der Waals surface area contributed by atoms with Crippen LogP contribution in [0.4, 0.5) is 4.79 Å². The maximum absolute atomic E-state index is 13.1. The minimum Gasteiger partial charge on any atom is -0.459 e. The number of nitrogens with zero attached hydrogens (tertiary/aromatic N) is 1. The van der Waals surface area contributed by atoms with E-state index in [0.717, 1.165) is 16.0 Å². The van der Waals surface area contributed by atoms with E-state index < -0.39 is 29.1 Å². The molecule has 0 aromatic heterocycles. The number of hydrogen-bond acceptors (Lipinski definition) is 5. The third-order valence-electron chi connectivity index (χ3n) is 4.83. The Morgan fingerprint density at radius 2 is 1.93 bits per heavy atom. The predicted octanol–water partition coefficient (Wildman–Crippen LogP) is 3.60. The molecule has 1 heterocycles. The lowest BCUT2D eigenvalue weighted by molar-refractivity contribution is -0.160. The molecule has 2 unspecified atom stereocenters. The van der Waals surface area contributed by atoms with Gasteiger partial charge in [-0.2, -0.15) is 0 Å². The zero-order valence-electron chi connectivity index (χ0n) is 16.0. The Kier molecular flexibility index (Phi) is 4.84. The van der Waals surface area contributed by atoms with Crippen LogP contribution in [0.2, 0.25) is 0 Å². The number of hydrogen-bond donors (Lipinski definition) is 0. The highest BCUT2D eigenvalue weighted by molar-refractivity contribution is 6.04. The highest BCUT2D eigenvalue weighted by Gasteiger charge is 2.62. The molecule has 2 atom stereocenters. The number of carbonyl (C=O) groups excluding carboxylic acids is 3. The van der Waals surface area contributed by atoms with Gasteiger partial charge >= 0.3 is 12.1 Å². The van der Waals surface area contributed by atoms with Crippen LogP contribution in [-0.4, -0.2) is 34.0 Å². The Balaban J connectivity index is 1.87. The molecule has 1 aliphatic heterocycles. The van der Waals surface area contributed by atoms with E-state index in [1.54, 1.807) is 20.8 Å². The molecule has 1 aliphatic carbocycles. The normalized spacial score (nSPS) is 24.7. The lowest BCUT2D eigenvalue weighted by Crippen LogP contribution is -2.56. The Bertz CT molecular complexity index is 780. The minimum atomic E-state index is -1.37. The quantitative estimate of drug-likeness (QED) is 0.600. The van der Waals surface area contributed by atoms with Crippen molar-refractivity contribution in [3.63, 3.8) is 0 Å². The van der Waals surface area contributed by atoms with Gasteiger partial charge in [0.05, 0.1) is 0 Å². The topological polar surface area (TPSA) is 72.9 Å². The fraction of sp³-hybridized carbons (Fsp3) is 0.476. The maximum Gasteiger partial charge on any atom is 0.418 e. The van der Waals surface area contributed by atoms with Crippen LogP contribution in [0.1, 0.15) is 45.6 Å². The number of amides is 2. The predicted molar refractivity (Wildman–Crippen MR) is 98.5 cm³/mol. The molecule has 2 bridgehead atoms. The molecular weight excluding hydrogens is 346 g/mol. The first kappa shape index (κ1) is 19.1. The molecule has 0 N–H and O–H groups in total. The summed E-state index contributed by atoms with van der Waals surface area (Å²) in [5.41, 5.74) is -0.544. The molecule has 2 fully saturated rings. The summed E-state index contributed by atoms with van der Waals surface area (Å²) in [4.78, 5) is 39.6. The molecule has 1 aromatic rings. The first-order chi connectivity index (χ1) is 12.6. The summed E-state index contributed by atoms with van der Waals surface area (Å²) in [6.45, 7) is 9.20. The zero-order chi connectivity index (χ0) is 19.8. The van der Waals surface area contributed by atoms with Crippen LogP contribution in [0.5, 0.6) is 0 Å². The summed E-state index contributed by atoms with van der Waals surface area (Å²) in [5.74, 6) is -1.42. The van der Waals surface area contributed by atoms with Gasteiger partial charge in [0.1, 0.15) is 12.2 Å². The van der Waals surface area contributed by atoms with Crippen LogP contribution in [0.25, 0.3) is 0 Å². The Morgan fingerprint density at radius 1 is 1.26 bits per heavy atom. The van der Waals surface area contributed by atoms with E-state index in [1.165, 1.54) is 0 Å². The average Bonchev–Trinajstić information content (AvgIpc) is 2.79. The molecular formula is C21H25NO5. The molecule has 1 saturated heterocycles. The van der Waals surface area contributed by atoms with Gasteiger partial charge in [-0.25, -0.2) is 14.5 Å². The van der Waals surface area contributed by atoms with Gasteiger partial charge in [-0.1, -0.05) is 42.5 Å². The van der Waals surface area contributed by atoms with Gasteiger partial charge in [-0.3, -0.25) is 4.79 Å². The summed E-state index contributed by atoms with van der Waals surface area (Å²) in [7, 11) is 0. The lowest BCUT2D eigenvalue weighted by atomic mass is 9.77. The Morgan fingerprint density at radius 3 is 2.56 bits per heavy atom. The van der Waals surface area contributed by atoms with Crippen molar-refractivity contribution < 1.29 is 23.9 Å². The monoisotopic (exact) mass is 371 g/mol. The second-order valence-corrected chi connectivity index (χ2v) is 8.28. The van der Waals surface area contributed by atoms with Gasteiger partial charge in [0.15, 0.2) is 5.54 Å². The largest absolute Gasteiger partial charge is 0.459 e. The third kappa shape index (κ3) is 3.75. The van der Waals surface area contributed by atoms with Gasteiger partial charge in [0.2, 0.25) is 5.91 Å². The van der Waals surface area contributed by atoms with Crippen LogP contribution in [-0.2, 0) is 25.7 Å². The summed E-state index contributed by atoms with van der Waals surface area (Å²) in [6.07, 6.45) is 0.132. The molecule has 0 radical (unpaired) electrons. The van der Waals surface area contributed by atoms with Crippen LogP contribution >= 0.6 is 0 Å². The smallest absolute Gasteiger partial charge is 0.418 e. The van der Waals surface area contributed by atoms with E-state index in [-0.39, 0.29) is 25.4 Å². The van der Waals surface area contributed by atoms with E-state index in [1.807, 2.05) is 30.3 Å². The maximum atomic E-state index is 13.1. The number of imide groups is 1. The van der Waals surface area contributed by atoms with Crippen molar-refractivity contribution in [2.75, 3.05) is 0 Å². The second kappa shape index (κ2) is 6.83. The third-order valence-corrected chi connectivity index (χ3v) is 4.83. The molecule has 2 amide bonds. The molecule has 6 heteroatoms. The van der Waals surface area contributed by atoms with Gasteiger partial charge in [-0.05, 0) is 39.2 Å². The fourth-order valence-corrected chi connectivity index (χ4v) is 3.80. The second-order valence-electron chi connectivity index (χ2n) is 8.28. The van der Waals surface area contributed by atoms with Crippen molar-refractivity contribution >= 4 is 18.0 Å². The van der Waals surface area contributed by atoms with Gasteiger partial charge in [0, 0.05) is 12.3 Å². The van der Waals surface area contributed by atoms with Gasteiger partial charge < -0.3 is 9.47 Å². The van der Waals surface area contributed by atoms with Gasteiger partial charge in [-0.15, -0.1) is 0 Å². The first-order valence-corrected chi connectivity index (χ1v) is 9.07. The van der Waals surface area contributed by atoms with Crippen molar-refractivity contribution in [1.82, 2.24) is 4.90 Å². The summed E-state index contributed by atoms with van der Waals surface area (Å²) >= 11 is 0. The number of carbonyl (C=O) groups is 3. The molecule has 1 aromatic carbocycles. The van der Waals surface area contributed by atoms with Crippen molar-refractivity contribution in [3.8, 4) is 0 Å². The number of esters is 1. The molecule has 6 nitrogen and oxygen atoms in total. The number of likely N-dealkylation sites (tertiary alicyclic amines) is 1. The van der Waals surface area contributed by atoms with Crippen LogP contribution in [0.3, 0.4) is 0 Å². The van der Waals surface area contributed by atoms with E-state index in [0.29, 0.717) is 6.42 Å². The van der Waals surface area contributed by atoms with Crippen molar-refractivity contribution in [2.45, 2.75) is 57.8 Å². The van der Waals surface area contributed by atoms with E-state index >= 15 is 0 Å². The fourth-order valence-electron chi connectivity index (χ4n) is 3.80. The summed E-state index contributed by atoms with van der Waals surface area (Å²) in [5, 5.41) is 0. The molecule has 27 heavy (non-hydrogen) atoms. The highest BCUT2D eigenvalue weighted by atomic mass is 16.6. The SMILES string of the molecule is C=C1CC2CC(C(=O)OCc3ccccc3)(C1)N(C(=O)OC(C)(C)C)C2=O. The van der Waals surface area contributed by atoms with Crippen molar-refractivity contribution in [3.05, 3.63) is 48.0 Å². The van der Waals surface area contributed by atoms with Crippen LogP contribution in [0.15, 0.2) is 42.5 Å². The molecule has 144 valence electrons. The van der Waals surface area contributed by atoms with Crippen molar-refractivity contribution in [2.24, 2.45) is 5.92 Å². The number of rotatable bonds is 3. The van der Waals surface area contributed by atoms with E-state index in [9.17, 15) is 14.4 Å². The van der Waals surface area contributed by atoms with E-state index in [4.69, 9.17) is 9.47 Å². The molecule has 1 saturated carbocycles. The van der Waals surface area contributed by atoms with E-state index in [2.05, 4.69) is 6.58 Å². The lowest BCUT2D eigenvalue weighted by Gasteiger charge is -2.36. The summed E-state index contributed by atoms with van der Waals surface area (Å²) < 4.78 is 10.9. The number of benzene rings is 1. The van der Waals surface area contributed by atoms with Crippen molar-refractivity contribution in [1.29, 1.82) is 0 Å². The van der Waals surface area contributed by atoms with Gasteiger partial charge in [0.25, 0.3) is 0 Å². The first-order valence-electron chi connectivity index (χ1n) is 9.07. The number of ether oxygens (including phenoxy) is 2.